The largest absolute Gasteiger partial charge is 0.360 e. The van der Waals surface area contributed by atoms with Crippen LogP contribution >= 0.6 is 0 Å². The molecule has 5 rings (SSSR count). The lowest BCUT2D eigenvalue weighted by Gasteiger charge is -2.51. The van der Waals surface area contributed by atoms with Gasteiger partial charge in [-0.2, -0.15) is 0 Å². The predicted molar refractivity (Wildman–Crippen MR) is 134 cm³/mol. The lowest BCUT2D eigenvalue weighted by Crippen LogP contribution is -2.56. The Labute approximate surface area is 207 Å². The van der Waals surface area contributed by atoms with Gasteiger partial charge in [0.25, 0.3) is 0 Å². The fourth-order valence-electron chi connectivity index (χ4n) is 6.29. The van der Waals surface area contributed by atoms with E-state index in [1.165, 1.54) is 24.8 Å². The van der Waals surface area contributed by atoms with Gasteiger partial charge in [-0.25, -0.2) is 4.79 Å². The number of hydrogen-bond acceptors (Lipinski definition) is 5. The van der Waals surface area contributed by atoms with E-state index < -0.39 is 0 Å². The van der Waals surface area contributed by atoms with Crippen LogP contribution in [0, 0.1) is 12.8 Å². The first-order valence-electron chi connectivity index (χ1n) is 12.8. The first kappa shape index (κ1) is 23.9. The number of aryl methyl sites for hydroxylation is 1. The van der Waals surface area contributed by atoms with Gasteiger partial charge in [-0.05, 0) is 71.0 Å². The summed E-state index contributed by atoms with van der Waals surface area (Å²) in [6.45, 7) is 3.22. The van der Waals surface area contributed by atoms with Gasteiger partial charge in [-0.15, -0.1) is 0 Å². The molecule has 8 heteroatoms. The molecule has 1 N–H and O–H groups in total. The molecule has 1 saturated heterocycles. The van der Waals surface area contributed by atoms with Gasteiger partial charge in [0.15, 0.2) is 5.82 Å². The van der Waals surface area contributed by atoms with Crippen molar-refractivity contribution < 1.29 is 14.1 Å². The van der Waals surface area contributed by atoms with Crippen molar-refractivity contribution in [2.24, 2.45) is 5.92 Å². The number of amides is 3. The third-order valence-corrected chi connectivity index (χ3v) is 8.63. The van der Waals surface area contributed by atoms with E-state index in [4.69, 9.17) is 4.52 Å². The number of rotatable bonds is 7. The number of benzene rings is 1. The number of carbonyl (C=O) groups excluding carboxylic acids is 2. The summed E-state index contributed by atoms with van der Waals surface area (Å²) in [5, 5.41) is 6.61. The number of hydrogen-bond donors (Lipinski definition) is 1. The molecule has 2 aromatic rings. The lowest BCUT2D eigenvalue weighted by molar-refractivity contribution is -0.116. The highest BCUT2D eigenvalue weighted by atomic mass is 16.5. The third-order valence-electron chi connectivity index (χ3n) is 8.63. The quantitative estimate of drug-likeness (QED) is 0.643. The van der Waals surface area contributed by atoms with E-state index in [0.717, 1.165) is 32.2 Å². The van der Waals surface area contributed by atoms with Crippen LogP contribution in [0.15, 0.2) is 40.9 Å². The molecule has 0 radical (unpaired) electrons. The van der Waals surface area contributed by atoms with Crippen molar-refractivity contribution in [3.05, 3.63) is 47.7 Å². The van der Waals surface area contributed by atoms with Crippen LogP contribution in [0.2, 0.25) is 0 Å². The smallest absolute Gasteiger partial charge is 0.321 e. The highest BCUT2D eigenvalue weighted by molar-refractivity contribution is 5.94. The van der Waals surface area contributed by atoms with Crippen LogP contribution in [0.3, 0.4) is 0 Å². The summed E-state index contributed by atoms with van der Waals surface area (Å²) in [6.07, 6.45) is 7.46. The minimum atomic E-state index is -0.241. The molecule has 1 spiro atoms. The van der Waals surface area contributed by atoms with Gasteiger partial charge in [0.1, 0.15) is 12.3 Å². The van der Waals surface area contributed by atoms with Crippen molar-refractivity contribution in [3.63, 3.8) is 0 Å². The van der Waals surface area contributed by atoms with Gasteiger partial charge in [-0.3, -0.25) is 9.69 Å². The lowest BCUT2D eigenvalue weighted by atomic mass is 9.68. The van der Waals surface area contributed by atoms with E-state index in [2.05, 4.69) is 64.7 Å². The summed E-state index contributed by atoms with van der Waals surface area (Å²) in [4.78, 5) is 32.6. The molecular formula is C27H37N5O3. The molecule has 8 nitrogen and oxygen atoms in total. The van der Waals surface area contributed by atoms with E-state index in [1.54, 1.807) is 17.9 Å². The second-order valence-electron chi connectivity index (χ2n) is 10.9. The highest BCUT2D eigenvalue weighted by Crippen LogP contribution is 2.49. The van der Waals surface area contributed by atoms with Crippen molar-refractivity contribution in [2.75, 3.05) is 39.0 Å². The van der Waals surface area contributed by atoms with Crippen molar-refractivity contribution in [3.8, 4) is 0 Å². The van der Waals surface area contributed by atoms with Crippen LogP contribution in [-0.4, -0.2) is 71.1 Å². The summed E-state index contributed by atoms with van der Waals surface area (Å²) in [5.74, 6) is 1.36. The van der Waals surface area contributed by atoms with Crippen LogP contribution in [0.4, 0.5) is 10.6 Å². The Morgan fingerprint density at radius 2 is 1.89 bits per heavy atom. The van der Waals surface area contributed by atoms with Gasteiger partial charge in [0, 0.05) is 24.7 Å². The zero-order valence-electron chi connectivity index (χ0n) is 21.1. The monoisotopic (exact) mass is 479 g/mol. The van der Waals surface area contributed by atoms with Crippen LogP contribution < -0.4 is 5.32 Å². The maximum atomic E-state index is 13.6. The minimum Gasteiger partial charge on any atom is -0.360 e. The number of carbonyl (C=O) groups is 2. The molecular weight excluding hydrogens is 442 g/mol. The van der Waals surface area contributed by atoms with Gasteiger partial charge in [0.05, 0.1) is 5.54 Å². The molecule has 35 heavy (non-hydrogen) atoms. The van der Waals surface area contributed by atoms with Gasteiger partial charge in [-0.1, -0.05) is 41.9 Å². The fourth-order valence-corrected chi connectivity index (χ4v) is 6.29. The van der Waals surface area contributed by atoms with E-state index in [1.807, 2.05) is 0 Å². The molecule has 3 fully saturated rings. The average Bonchev–Trinajstić information content (AvgIpc) is 3.32. The predicted octanol–water partition coefficient (Wildman–Crippen LogP) is 4.23. The summed E-state index contributed by atoms with van der Waals surface area (Å²) in [6, 6.07) is 12.4. The molecule has 3 amide bonds. The normalized spacial score (nSPS) is 27.0. The van der Waals surface area contributed by atoms with Crippen LogP contribution in [-0.2, 0) is 10.3 Å². The van der Waals surface area contributed by atoms with Crippen LogP contribution in [0.1, 0.15) is 56.3 Å². The number of urea groups is 1. The summed E-state index contributed by atoms with van der Waals surface area (Å²) in [5.41, 5.74) is 1.09. The Morgan fingerprint density at radius 1 is 1.17 bits per heavy atom. The fraction of sp³-hybridized carbons (Fsp3) is 0.593. The zero-order valence-corrected chi connectivity index (χ0v) is 21.1. The number of anilines is 1. The molecule has 0 bridgehead atoms. The SMILES string of the molecule is Cc1cc(NC(=O)CN2C[C@]3(CC[C@](c4ccccc4)(N(C)C)CC3)N(CC3CCC3)C2=O)no1. The van der Waals surface area contributed by atoms with E-state index in [0.29, 0.717) is 24.0 Å². The second-order valence-corrected chi connectivity index (χ2v) is 10.9. The number of nitrogens with one attached hydrogen (secondary N) is 1. The second kappa shape index (κ2) is 9.30. The highest BCUT2D eigenvalue weighted by Gasteiger charge is 2.55. The van der Waals surface area contributed by atoms with Gasteiger partial charge in [0.2, 0.25) is 5.91 Å². The van der Waals surface area contributed by atoms with Gasteiger partial charge < -0.3 is 19.6 Å². The van der Waals surface area contributed by atoms with E-state index >= 15 is 0 Å². The Hall–Kier alpha value is -2.87. The molecule has 2 heterocycles. The van der Waals surface area contributed by atoms with Crippen LogP contribution in [0.5, 0.6) is 0 Å². The average molecular weight is 480 g/mol. The number of nitrogens with zero attached hydrogens (tertiary/aromatic N) is 4. The summed E-state index contributed by atoms with van der Waals surface area (Å²) < 4.78 is 5.04. The minimum absolute atomic E-state index is 0.000414. The maximum absolute atomic E-state index is 13.6. The Morgan fingerprint density at radius 3 is 2.46 bits per heavy atom. The first-order valence-corrected chi connectivity index (χ1v) is 12.8. The van der Waals surface area contributed by atoms with Gasteiger partial charge >= 0.3 is 6.03 Å². The molecule has 3 aliphatic rings. The Kier molecular flexibility index (Phi) is 6.34. The molecule has 1 aromatic carbocycles. The molecule has 1 aliphatic heterocycles. The van der Waals surface area contributed by atoms with Crippen molar-refractivity contribution in [1.29, 1.82) is 0 Å². The number of aromatic nitrogens is 1. The molecule has 188 valence electrons. The van der Waals surface area contributed by atoms with Crippen LogP contribution in [0.25, 0.3) is 0 Å². The topological polar surface area (TPSA) is 81.9 Å². The zero-order chi connectivity index (χ0) is 24.6. The molecule has 1 aromatic heterocycles. The molecule has 2 aliphatic carbocycles. The molecule has 0 atom stereocenters. The standard InChI is InChI=1S/C27H37N5O3/c1-20-16-23(29-35-20)28-24(33)18-31-19-26(32(25(31)34)17-21-8-7-9-21)12-14-27(15-13-26,30(2)3)22-10-5-4-6-11-22/h4-6,10-11,16,21H,7-9,12-15,17-19H2,1-3H3,(H,28,29,33)/t26-,27+. The molecule has 0 unspecified atom stereocenters. The van der Waals surface area contributed by atoms with E-state index in [9.17, 15) is 9.59 Å². The third kappa shape index (κ3) is 4.44. The maximum Gasteiger partial charge on any atom is 0.321 e. The Balaban J connectivity index is 1.34. The Bertz CT molecular complexity index is 1050. The van der Waals surface area contributed by atoms with E-state index in [-0.39, 0.29) is 29.6 Å². The van der Waals surface area contributed by atoms with Crippen molar-refractivity contribution in [1.82, 2.24) is 19.9 Å². The van der Waals surface area contributed by atoms with Crippen molar-refractivity contribution >= 4 is 17.8 Å². The van der Waals surface area contributed by atoms with Crippen molar-refractivity contribution in [2.45, 2.75) is 62.9 Å². The first-order chi connectivity index (χ1) is 16.8. The summed E-state index contributed by atoms with van der Waals surface area (Å²) >= 11 is 0. The molecule has 2 saturated carbocycles. The summed E-state index contributed by atoms with van der Waals surface area (Å²) in [7, 11) is 4.33.